The Morgan fingerprint density at radius 2 is 1.37 bits per heavy atom. The summed E-state index contributed by atoms with van der Waals surface area (Å²) in [5.41, 5.74) is 0. The van der Waals surface area contributed by atoms with E-state index in [1.165, 1.54) is 57.8 Å². The quantitative estimate of drug-likeness (QED) is 0.154. The molecule has 0 spiro atoms. The summed E-state index contributed by atoms with van der Waals surface area (Å²) in [5, 5.41) is 9.24. The SMILES string of the molecule is CCCCC/C=C/CCCCCCCCCC(CC(=O)OCCC)C(=O)O. The first-order valence-electron chi connectivity index (χ1n) is 11.1. The number of hydrogen-bond donors (Lipinski definition) is 1. The van der Waals surface area contributed by atoms with Gasteiger partial charge >= 0.3 is 11.9 Å². The van der Waals surface area contributed by atoms with Crippen LogP contribution in [0, 0.1) is 5.92 Å². The molecule has 27 heavy (non-hydrogen) atoms. The van der Waals surface area contributed by atoms with Gasteiger partial charge in [0.1, 0.15) is 0 Å². The molecule has 0 amide bonds. The fraction of sp³-hybridized carbons (Fsp3) is 0.826. The zero-order valence-electron chi connectivity index (χ0n) is 17.7. The molecule has 0 rings (SSSR count). The van der Waals surface area contributed by atoms with E-state index in [0.29, 0.717) is 13.0 Å². The highest BCUT2D eigenvalue weighted by Crippen LogP contribution is 2.17. The number of aliphatic carboxylic acids is 1. The number of carbonyl (C=O) groups is 2. The monoisotopic (exact) mass is 382 g/mol. The maximum Gasteiger partial charge on any atom is 0.307 e. The average Bonchev–Trinajstić information content (AvgIpc) is 2.65. The Kier molecular flexibility index (Phi) is 18.5. The summed E-state index contributed by atoms with van der Waals surface area (Å²) in [6.07, 6.45) is 20.4. The molecule has 0 heterocycles. The number of hydrogen-bond acceptors (Lipinski definition) is 3. The van der Waals surface area contributed by atoms with Crippen molar-refractivity contribution in [2.24, 2.45) is 5.92 Å². The maximum absolute atomic E-state index is 11.6. The molecular formula is C23H42O4. The van der Waals surface area contributed by atoms with Gasteiger partial charge in [0.15, 0.2) is 0 Å². The van der Waals surface area contributed by atoms with Crippen LogP contribution in [0.4, 0.5) is 0 Å². The minimum atomic E-state index is -0.883. The Morgan fingerprint density at radius 1 is 0.815 bits per heavy atom. The molecule has 0 saturated carbocycles. The molecule has 1 N–H and O–H groups in total. The highest BCUT2D eigenvalue weighted by atomic mass is 16.5. The maximum atomic E-state index is 11.6. The predicted molar refractivity (Wildman–Crippen MR) is 112 cm³/mol. The number of rotatable bonds is 19. The van der Waals surface area contributed by atoms with Crippen molar-refractivity contribution in [3.05, 3.63) is 12.2 Å². The van der Waals surface area contributed by atoms with E-state index in [4.69, 9.17) is 4.74 Å². The van der Waals surface area contributed by atoms with Crippen molar-refractivity contribution in [2.75, 3.05) is 6.61 Å². The summed E-state index contributed by atoms with van der Waals surface area (Å²) in [5.74, 6) is -1.87. The zero-order valence-corrected chi connectivity index (χ0v) is 17.7. The summed E-state index contributed by atoms with van der Waals surface area (Å²) in [6.45, 7) is 4.53. The third-order valence-corrected chi connectivity index (χ3v) is 4.79. The van der Waals surface area contributed by atoms with Gasteiger partial charge in [0.2, 0.25) is 0 Å². The van der Waals surface area contributed by atoms with E-state index in [1.54, 1.807) is 0 Å². The van der Waals surface area contributed by atoms with Gasteiger partial charge in [0.05, 0.1) is 18.9 Å². The fourth-order valence-electron chi connectivity index (χ4n) is 3.07. The summed E-state index contributed by atoms with van der Waals surface area (Å²) in [4.78, 5) is 22.8. The Bertz CT molecular complexity index is 390. The third-order valence-electron chi connectivity index (χ3n) is 4.79. The van der Waals surface area contributed by atoms with Crippen LogP contribution in [0.5, 0.6) is 0 Å². The van der Waals surface area contributed by atoms with E-state index < -0.39 is 11.9 Å². The Morgan fingerprint density at radius 3 is 1.93 bits per heavy atom. The van der Waals surface area contributed by atoms with Gasteiger partial charge in [-0.3, -0.25) is 9.59 Å². The lowest BCUT2D eigenvalue weighted by Gasteiger charge is -2.11. The van der Waals surface area contributed by atoms with Gasteiger partial charge in [-0.05, 0) is 38.5 Å². The van der Waals surface area contributed by atoms with Crippen LogP contribution in [-0.4, -0.2) is 23.7 Å². The van der Waals surface area contributed by atoms with Crippen molar-refractivity contribution >= 4 is 11.9 Å². The molecule has 0 bridgehead atoms. The number of carboxylic acid groups (broad SMARTS) is 1. The van der Waals surface area contributed by atoms with Gasteiger partial charge in [0.25, 0.3) is 0 Å². The Labute approximate surface area is 166 Å². The van der Waals surface area contributed by atoms with Crippen LogP contribution in [0.2, 0.25) is 0 Å². The van der Waals surface area contributed by atoms with Gasteiger partial charge in [-0.25, -0.2) is 0 Å². The number of esters is 1. The summed E-state index contributed by atoms with van der Waals surface area (Å²) < 4.78 is 4.99. The molecule has 158 valence electrons. The molecule has 1 unspecified atom stereocenters. The van der Waals surface area contributed by atoms with Crippen LogP contribution < -0.4 is 0 Å². The molecule has 4 nitrogen and oxygen atoms in total. The number of carbonyl (C=O) groups excluding carboxylic acids is 1. The average molecular weight is 383 g/mol. The van der Waals surface area contributed by atoms with Crippen molar-refractivity contribution in [2.45, 2.75) is 110 Å². The van der Waals surface area contributed by atoms with Gasteiger partial charge in [-0.1, -0.05) is 77.4 Å². The van der Waals surface area contributed by atoms with Crippen LogP contribution in [0.25, 0.3) is 0 Å². The van der Waals surface area contributed by atoms with Crippen molar-refractivity contribution in [1.29, 1.82) is 0 Å². The van der Waals surface area contributed by atoms with E-state index in [2.05, 4.69) is 19.1 Å². The van der Waals surface area contributed by atoms with Crippen molar-refractivity contribution < 1.29 is 19.4 Å². The third kappa shape index (κ3) is 17.8. The normalized spacial score (nSPS) is 12.4. The summed E-state index contributed by atoms with van der Waals surface area (Å²) in [7, 11) is 0. The number of ether oxygens (including phenoxy) is 1. The molecule has 0 radical (unpaired) electrons. The molecule has 1 atom stereocenters. The zero-order chi connectivity index (χ0) is 20.2. The first-order chi connectivity index (χ1) is 13.1. The molecular weight excluding hydrogens is 340 g/mol. The van der Waals surface area contributed by atoms with E-state index in [0.717, 1.165) is 25.7 Å². The first kappa shape index (κ1) is 25.7. The second-order valence-electron chi connectivity index (χ2n) is 7.48. The van der Waals surface area contributed by atoms with E-state index in [1.807, 2.05) is 6.92 Å². The number of carboxylic acids is 1. The topological polar surface area (TPSA) is 63.6 Å². The van der Waals surface area contributed by atoms with Crippen LogP contribution in [0.15, 0.2) is 12.2 Å². The van der Waals surface area contributed by atoms with Crippen molar-refractivity contribution in [1.82, 2.24) is 0 Å². The van der Waals surface area contributed by atoms with Gasteiger partial charge in [0, 0.05) is 0 Å². The lowest BCUT2D eigenvalue weighted by molar-refractivity contribution is -0.151. The standard InChI is InChI=1S/C23H42O4/c1-3-5-6-7-8-9-10-11-12-13-14-15-16-17-18-21(23(25)26)20-22(24)27-19-4-2/h8-9,21H,3-7,10-20H2,1-2H3,(H,25,26)/b9-8+. The highest BCUT2D eigenvalue weighted by molar-refractivity contribution is 5.78. The van der Waals surface area contributed by atoms with Gasteiger partial charge < -0.3 is 9.84 Å². The molecule has 0 fully saturated rings. The molecule has 0 aromatic carbocycles. The van der Waals surface area contributed by atoms with E-state index in [9.17, 15) is 14.7 Å². The Hall–Kier alpha value is -1.32. The molecule has 0 aromatic heterocycles. The molecule has 0 aromatic rings. The smallest absolute Gasteiger partial charge is 0.307 e. The number of unbranched alkanes of at least 4 members (excludes halogenated alkanes) is 10. The summed E-state index contributed by atoms with van der Waals surface area (Å²) >= 11 is 0. The van der Waals surface area contributed by atoms with Crippen LogP contribution in [0.3, 0.4) is 0 Å². The van der Waals surface area contributed by atoms with Crippen LogP contribution >= 0.6 is 0 Å². The summed E-state index contributed by atoms with van der Waals surface area (Å²) in [6, 6.07) is 0. The van der Waals surface area contributed by atoms with Gasteiger partial charge in [-0.2, -0.15) is 0 Å². The molecule has 0 aliphatic carbocycles. The van der Waals surface area contributed by atoms with Crippen molar-refractivity contribution in [3.63, 3.8) is 0 Å². The molecule has 0 aliphatic rings. The lowest BCUT2D eigenvalue weighted by Crippen LogP contribution is -2.19. The second-order valence-corrected chi connectivity index (χ2v) is 7.48. The largest absolute Gasteiger partial charge is 0.481 e. The van der Waals surface area contributed by atoms with E-state index in [-0.39, 0.29) is 12.4 Å². The Balaban J connectivity index is 3.54. The van der Waals surface area contributed by atoms with Gasteiger partial charge in [-0.15, -0.1) is 0 Å². The van der Waals surface area contributed by atoms with Crippen molar-refractivity contribution in [3.8, 4) is 0 Å². The second kappa shape index (κ2) is 19.4. The lowest BCUT2D eigenvalue weighted by atomic mass is 9.97. The predicted octanol–water partition coefficient (Wildman–Crippen LogP) is 6.68. The molecule has 4 heteroatoms. The first-order valence-corrected chi connectivity index (χ1v) is 11.1. The molecule has 0 saturated heterocycles. The van der Waals surface area contributed by atoms with Crippen LogP contribution in [0.1, 0.15) is 110 Å². The number of allylic oxidation sites excluding steroid dienone is 2. The highest BCUT2D eigenvalue weighted by Gasteiger charge is 2.21. The van der Waals surface area contributed by atoms with Crippen LogP contribution in [-0.2, 0) is 14.3 Å². The minimum Gasteiger partial charge on any atom is -0.481 e. The minimum absolute atomic E-state index is 0.00129. The van der Waals surface area contributed by atoms with E-state index >= 15 is 0 Å². The molecule has 0 aliphatic heterocycles. The fourth-order valence-corrected chi connectivity index (χ4v) is 3.07.